The summed E-state index contributed by atoms with van der Waals surface area (Å²) < 4.78 is 38.1. The Morgan fingerprint density at radius 3 is 2.59 bits per heavy atom. The number of para-hydroxylation sites is 1. The molecule has 0 aliphatic carbocycles. The Labute approximate surface area is 124 Å². The van der Waals surface area contributed by atoms with Gasteiger partial charge in [0.25, 0.3) is 0 Å². The lowest BCUT2D eigenvalue weighted by atomic mass is 10.1. The number of fused-ring (bicyclic) bond motifs is 1. The number of hydrogen-bond acceptors (Lipinski definition) is 3. The summed E-state index contributed by atoms with van der Waals surface area (Å²) >= 11 is 0. The van der Waals surface area contributed by atoms with E-state index in [1.807, 2.05) is 25.1 Å². The lowest BCUT2D eigenvalue weighted by Gasteiger charge is -2.10. The van der Waals surface area contributed by atoms with Crippen molar-refractivity contribution in [3.63, 3.8) is 0 Å². The molecule has 3 aromatic rings. The van der Waals surface area contributed by atoms with Gasteiger partial charge in [-0.15, -0.1) is 0 Å². The number of halogens is 3. The minimum Gasteiger partial charge on any atom is -0.324 e. The van der Waals surface area contributed by atoms with Crippen LogP contribution in [0, 0.1) is 6.92 Å². The molecule has 112 valence electrons. The van der Waals surface area contributed by atoms with Crippen LogP contribution in [0.1, 0.15) is 11.1 Å². The molecule has 0 amide bonds. The van der Waals surface area contributed by atoms with E-state index in [1.54, 1.807) is 12.3 Å². The molecule has 1 aromatic heterocycles. The monoisotopic (exact) mass is 303 g/mol. The van der Waals surface area contributed by atoms with E-state index in [1.165, 1.54) is 6.07 Å². The fourth-order valence-electron chi connectivity index (χ4n) is 2.17. The van der Waals surface area contributed by atoms with Crippen molar-refractivity contribution in [3.05, 3.63) is 59.8 Å². The first-order chi connectivity index (χ1) is 10.4. The number of hydrogen-bond donors (Lipinski definition) is 1. The molecule has 2 aromatic carbocycles. The summed E-state index contributed by atoms with van der Waals surface area (Å²) in [6.45, 7) is 1.92. The van der Waals surface area contributed by atoms with Crippen LogP contribution in [-0.2, 0) is 6.18 Å². The summed E-state index contributed by atoms with van der Waals surface area (Å²) in [4.78, 5) is 8.49. The molecule has 0 fully saturated rings. The fraction of sp³-hybridized carbons (Fsp3) is 0.125. The largest absolute Gasteiger partial charge is 0.416 e. The van der Waals surface area contributed by atoms with Crippen molar-refractivity contribution in [3.8, 4) is 0 Å². The zero-order valence-electron chi connectivity index (χ0n) is 11.6. The minimum absolute atomic E-state index is 0.265. The molecule has 1 heterocycles. The molecule has 0 unspecified atom stereocenters. The highest BCUT2D eigenvalue weighted by molar-refractivity contribution is 5.82. The predicted octanol–water partition coefficient (Wildman–Crippen LogP) is 4.70. The Balaban J connectivity index is 1.95. The Morgan fingerprint density at radius 1 is 1.05 bits per heavy atom. The molecule has 0 spiro atoms. The number of alkyl halides is 3. The highest BCUT2D eigenvalue weighted by atomic mass is 19.4. The van der Waals surface area contributed by atoms with Gasteiger partial charge in [-0.05, 0) is 30.7 Å². The summed E-state index contributed by atoms with van der Waals surface area (Å²) in [5.41, 5.74) is 1.33. The van der Waals surface area contributed by atoms with E-state index in [4.69, 9.17) is 0 Å². The molecule has 0 aliphatic heterocycles. The first-order valence-electron chi connectivity index (χ1n) is 6.60. The highest BCUT2D eigenvalue weighted by Gasteiger charge is 2.30. The number of anilines is 2. The van der Waals surface area contributed by atoms with E-state index >= 15 is 0 Å². The number of aromatic nitrogens is 2. The van der Waals surface area contributed by atoms with Gasteiger partial charge in [-0.25, -0.2) is 9.97 Å². The molecule has 0 saturated carbocycles. The number of nitrogens with zero attached hydrogens (tertiary/aromatic N) is 2. The highest BCUT2D eigenvalue weighted by Crippen LogP contribution is 2.31. The van der Waals surface area contributed by atoms with E-state index < -0.39 is 11.7 Å². The molecule has 0 atom stereocenters. The third-order valence-corrected chi connectivity index (χ3v) is 3.26. The maximum Gasteiger partial charge on any atom is 0.416 e. The maximum atomic E-state index is 12.7. The fourth-order valence-corrected chi connectivity index (χ4v) is 2.17. The van der Waals surface area contributed by atoms with Crippen LogP contribution in [0.15, 0.2) is 48.7 Å². The topological polar surface area (TPSA) is 37.8 Å². The summed E-state index contributed by atoms with van der Waals surface area (Å²) in [6.07, 6.45) is -2.73. The molecule has 3 nitrogen and oxygen atoms in total. The Bertz CT molecular complexity index is 828. The average Bonchev–Trinajstić information content (AvgIpc) is 2.48. The van der Waals surface area contributed by atoms with Gasteiger partial charge in [0.15, 0.2) is 0 Å². The van der Waals surface area contributed by atoms with E-state index in [0.29, 0.717) is 5.69 Å². The maximum absolute atomic E-state index is 12.7. The first-order valence-corrected chi connectivity index (χ1v) is 6.60. The third-order valence-electron chi connectivity index (χ3n) is 3.26. The minimum atomic E-state index is -4.38. The molecule has 0 radical (unpaired) electrons. The van der Waals surface area contributed by atoms with E-state index in [2.05, 4.69) is 15.3 Å². The number of benzene rings is 2. The SMILES string of the molecule is Cc1cccc2cnc(Nc3cccc(C(F)(F)F)c3)nc12. The average molecular weight is 303 g/mol. The molecule has 0 bridgehead atoms. The second-order valence-corrected chi connectivity index (χ2v) is 4.91. The van der Waals surface area contributed by atoms with Crippen molar-refractivity contribution < 1.29 is 13.2 Å². The molecule has 6 heteroatoms. The molecular formula is C16H12F3N3. The molecule has 22 heavy (non-hydrogen) atoms. The van der Waals surface area contributed by atoms with Crippen LogP contribution in [0.3, 0.4) is 0 Å². The van der Waals surface area contributed by atoms with Crippen LogP contribution in [0.2, 0.25) is 0 Å². The Hall–Kier alpha value is -2.63. The molecule has 0 saturated heterocycles. The third kappa shape index (κ3) is 2.86. The molecular weight excluding hydrogens is 291 g/mol. The van der Waals surface area contributed by atoms with Crippen LogP contribution in [-0.4, -0.2) is 9.97 Å². The van der Waals surface area contributed by atoms with Crippen molar-refractivity contribution in [1.82, 2.24) is 9.97 Å². The van der Waals surface area contributed by atoms with Gasteiger partial charge < -0.3 is 5.32 Å². The number of nitrogens with one attached hydrogen (secondary N) is 1. The normalized spacial score (nSPS) is 11.6. The lowest BCUT2D eigenvalue weighted by molar-refractivity contribution is -0.137. The number of aryl methyl sites for hydroxylation is 1. The van der Waals surface area contributed by atoms with Crippen molar-refractivity contribution in [2.45, 2.75) is 13.1 Å². The quantitative estimate of drug-likeness (QED) is 0.745. The van der Waals surface area contributed by atoms with Gasteiger partial charge in [0, 0.05) is 17.3 Å². The van der Waals surface area contributed by atoms with Gasteiger partial charge in [0.1, 0.15) is 0 Å². The van der Waals surface area contributed by atoms with E-state index in [0.717, 1.165) is 28.6 Å². The van der Waals surface area contributed by atoms with Gasteiger partial charge >= 0.3 is 6.18 Å². The lowest BCUT2D eigenvalue weighted by Crippen LogP contribution is -2.05. The van der Waals surface area contributed by atoms with Crippen LogP contribution < -0.4 is 5.32 Å². The van der Waals surface area contributed by atoms with Gasteiger partial charge in [-0.3, -0.25) is 0 Å². The zero-order valence-corrected chi connectivity index (χ0v) is 11.6. The van der Waals surface area contributed by atoms with Gasteiger partial charge in [0.05, 0.1) is 11.1 Å². The Kier molecular flexibility index (Phi) is 3.44. The second-order valence-electron chi connectivity index (χ2n) is 4.91. The summed E-state index contributed by atoms with van der Waals surface area (Å²) in [6, 6.07) is 10.7. The van der Waals surface area contributed by atoms with Crippen molar-refractivity contribution in [2.24, 2.45) is 0 Å². The van der Waals surface area contributed by atoms with Crippen LogP contribution in [0.5, 0.6) is 0 Å². The van der Waals surface area contributed by atoms with Gasteiger partial charge in [0.2, 0.25) is 5.95 Å². The summed E-state index contributed by atoms with van der Waals surface area (Å²) in [5.74, 6) is 0.265. The summed E-state index contributed by atoms with van der Waals surface area (Å²) in [7, 11) is 0. The second kappa shape index (κ2) is 5.29. The number of rotatable bonds is 2. The Morgan fingerprint density at radius 2 is 1.82 bits per heavy atom. The van der Waals surface area contributed by atoms with Crippen LogP contribution in [0.4, 0.5) is 24.8 Å². The smallest absolute Gasteiger partial charge is 0.324 e. The molecule has 1 N–H and O–H groups in total. The predicted molar refractivity (Wildman–Crippen MR) is 79.0 cm³/mol. The van der Waals surface area contributed by atoms with Crippen molar-refractivity contribution in [2.75, 3.05) is 5.32 Å². The van der Waals surface area contributed by atoms with E-state index in [-0.39, 0.29) is 5.95 Å². The van der Waals surface area contributed by atoms with Gasteiger partial charge in [-0.1, -0.05) is 24.3 Å². The molecule has 3 rings (SSSR count). The van der Waals surface area contributed by atoms with Crippen LogP contribution in [0.25, 0.3) is 10.9 Å². The van der Waals surface area contributed by atoms with Gasteiger partial charge in [-0.2, -0.15) is 13.2 Å². The zero-order chi connectivity index (χ0) is 15.7. The first kappa shape index (κ1) is 14.3. The van der Waals surface area contributed by atoms with Crippen LogP contribution >= 0.6 is 0 Å². The van der Waals surface area contributed by atoms with Crippen molar-refractivity contribution >= 4 is 22.5 Å². The summed E-state index contributed by atoms with van der Waals surface area (Å²) in [5, 5.41) is 3.70. The molecule has 0 aliphatic rings. The van der Waals surface area contributed by atoms with Crippen molar-refractivity contribution in [1.29, 1.82) is 0 Å². The van der Waals surface area contributed by atoms with E-state index in [9.17, 15) is 13.2 Å². The standard InChI is InChI=1S/C16H12F3N3/c1-10-4-2-5-11-9-20-15(22-14(10)11)21-13-7-3-6-12(8-13)16(17,18)19/h2-9H,1H3,(H,20,21,22).